The molecule has 0 heterocycles. The van der Waals surface area contributed by atoms with E-state index in [2.05, 4.69) is 24.4 Å². The van der Waals surface area contributed by atoms with Crippen LogP contribution in [0.25, 0.3) is 0 Å². The number of halogens is 1. The summed E-state index contributed by atoms with van der Waals surface area (Å²) in [6.07, 6.45) is 2.29. The van der Waals surface area contributed by atoms with Gasteiger partial charge in [-0.25, -0.2) is 0 Å². The van der Waals surface area contributed by atoms with Crippen LogP contribution in [0.5, 0.6) is 0 Å². The molecule has 96 valence electrons. The molecule has 1 aromatic carbocycles. The lowest BCUT2D eigenvalue weighted by Crippen LogP contribution is -2.32. The lowest BCUT2D eigenvalue weighted by atomic mass is 10.1. The summed E-state index contributed by atoms with van der Waals surface area (Å²) in [6, 6.07) is 6.62. The van der Waals surface area contributed by atoms with Crippen LogP contribution in [0, 0.1) is 6.92 Å². The van der Waals surface area contributed by atoms with E-state index in [9.17, 15) is 0 Å². The highest BCUT2D eigenvalue weighted by molar-refractivity contribution is 6.31. The van der Waals surface area contributed by atoms with Gasteiger partial charge in [0, 0.05) is 24.7 Å². The Morgan fingerprint density at radius 3 is 2.76 bits per heavy atom. The van der Waals surface area contributed by atoms with Crippen LogP contribution in [0.2, 0.25) is 5.02 Å². The van der Waals surface area contributed by atoms with Crippen LogP contribution in [0.3, 0.4) is 0 Å². The molecule has 0 radical (unpaired) electrons. The van der Waals surface area contributed by atoms with Gasteiger partial charge in [0.05, 0.1) is 6.61 Å². The number of benzene rings is 1. The zero-order valence-electron chi connectivity index (χ0n) is 10.9. The van der Waals surface area contributed by atoms with Crippen molar-refractivity contribution in [1.29, 1.82) is 0 Å². The van der Waals surface area contributed by atoms with Crippen LogP contribution in [0.15, 0.2) is 18.2 Å². The first kappa shape index (κ1) is 14.5. The zero-order valence-corrected chi connectivity index (χ0v) is 11.7. The summed E-state index contributed by atoms with van der Waals surface area (Å²) < 4.78 is 5.20. The Labute approximate surface area is 109 Å². The molecule has 3 heteroatoms. The van der Waals surface area contributed by atoms with Gasteiger partial charge < -0.3 is 10.1 Å². The van der Waals surface area contributed by atoms with Gasteiger partial charge in [0.1, 0.15) is 0 Å². The molecule has 0 aromatic heterocycles. The minimum Gasteiger partial charge on any atom is -0.383 e. The standard InChI is InChI=1S/C14H22ClNO/c1-4-5-13(10-17-3)16-9-12-7-6-11(2)14(15)8-12/h6-8,13,16H,4-5,9-10H2,1-3H3. The van der Waals surface area contributed by atoms with Crippen LogP contribution >= 0.6 is 11.6 Å². The van der Waals surface area contributed by atoms with E-state index in [0.29, 0.717) is 6.04 Å². The molecule has 1 atom stereocenters. The molecule has 0 saturated carbocycles. The lowest BCUT2D eigenvalue weighted by Gasteiger charge is -2.17. The molecule has 2 nitrogen and oxygen atoms in total. The van der Waals surface area contributed by atoms with Crippen LogP contribution in [-0.4, -0.2) is 19.8 Å². The van der Waals surface area contributed by atoms with Crippen molar-refractivity contribution in [2.45, 2.75) is 39.3 Å². The van der Waals surface area contributed by atoms with Crippen molar-refractivity contribution in [3.05, 3.63) is 34.3 Å². The fraction of sp³-hybridized carbons (Fsp3) is 0.571. The molecule has 0 saturated heterocycles. The van der Waals surface area contributed by atoms with Crippen LogP contribution in [0.4, 0.5) is 0 Å². The van der Waals surface area contributed by atoms with Gasteiger partial charge in [0.25, 0.3) is 0 Å². The zero-order chi connectivity index (χ0) is 12.7. The SMILES string of the molecule is CCCC(COC)NCc1ccc(C)c(Cl)c1. The number of aryl methyl sites for hydroxylation is 1. The number of nitrogens with one attached hydrogen (secondary N) is 1. The van der Waals surface area contributed by atoms with Gasteiger partial charge in [-0.1, -0.05) is 37.1 Å². The van der Waals surface area contributed by atoms with Gasteiger partial charge in [-0.15, -0.1) is 0 Å². The smallest absolute Gasteiger partial charge is 0.0615 e. The Bertz CT molecular complexity index is 335. The molecule has 1 aromatic rings. The third-order valence-corrected chi connectivity index (χ3v) is 3.24. The highest BCUT2D eigenvalue weighted by atomic mass is 35.5. The summed E-state index contributed by atoms with van der Waals surface area (Å²) in [4.78, 5) is 0. The first-order valence-corrected chi connectivity index (χ1v) is 6.52. The average Bonchev–Trinajstić information content (AvgIpc) is 2.31. The fourth-order valence-corrected chi connectivity index (χ4v) is 2.01. The topological polar surface area (TPSA) is 21.3 Å². The summed E-state index contributed by atoms with van der Waals surface area (Å²) in [5, 5.41) is 4.34. The Hall–Kier alpha value is -0.570. The Kier molecular flexibility index (Phi) is 6.56. The Morgan fingerprint density at radius 1 is 1.41 bits per heavy atom. The molecule has 0 bridgehead atoms. The second-order valence-electron chi connectivity index (χ2n) is 4.41. The van der Waals surface area contributed by atoms with E-state index in [-0.39, 0.29) is 0 Å². The maximum Gasteiger partial charge on any atom is 0.0615 e. The second kappa shape index (κ2) is 7.70. The first-order chi connectivity index (χ1) is 8.17. The molecular weight excluding hydrogens is 234 g/mol. The van der Waals surface area contributed by atoms with Crippen LogP contribution in [-0.2, 0) is 11.3 Å². The highest BCUT2D eigenvalue weighted by Crippen LogP contribution is 2.16. The van der Waals surface area contributed by atoms with E-state index in [1.54, 1.807) is 7.11 Å². The molecule has 1 unspecified atom stereocenters. The van der Waals surface area contributed by atoms with Gasteiger partial charge in [0.2, 0.25) is 0 Å². The molecule has 1 N–H and O–H groups in total. The summed E-state index contributed by atoms with van der Waals surface area (Å²) in [5.41, 5.74) is 2.34. The molecule has 1 rings (SSSR count). The Balaban J connectivity index is 2.49. The molecule has 17 heavy (non-hydrogen) atoms. The Morgan fingerprint density at radius 2 is 2.18 bits per heavy atom. The molecule has 0 spiro atoms. The van der Waals surface area contributed by atoms with Crippen molar-refractivity contribution in [3.8, 4) is 0 Å². The predicted octanol–water partition coefficient (Wildman–Crippen LogP) is 3.55. The monoisotopic (exact) mass is 255 g/mol. The summed E-state index contributed by atoms with van der Waals surface area (Å²) in [7, 11) is 1.74. The van der Waals surface area contributed by atoms with E-state index >= 15 is 0 Å². The van der Waals surface area contributed by atoms with Crippen LogP contribution < -0.4 is 5.32 Å². The molecule has 0 fully saturated rings. The largest absolute Gasteiger partial charge is 0.383 e. The quantitative estimate of drug-likeness (QED) is 0.805. The molecule has 0 aliphatic carbocycles. The summed E-state index contributed by atoms with van der Waals surface area (Å²) in [5.74, 6) is 0. The third-order valence-electron chi connectivity index (χ3n) is 2.84. The maximum atomic E-state index is 6.10. The number of hydrogen-bond acceptors (Lipinski definition) is 2. The first-order valence-electron chi connectivity index (χ1n) is 6.14. The van der Waals surface area contributed by atoms with E-state index in [0.717, 1.165) is 36.6 Å². The van der Waals surface area contributed by atoms with Crippen molar-refractivity contribution >= 4 is 11.6 Å². The highest BCUT2D eigenvalue weighted by Gasteiger charge is 2.06. The summed E-state index contributed by atoms with van der Waals surface area (Å²) >= 11 is 6.10. The minimum atomic E-state index is 0.421. The van der Waals surface area contributed by atoms with Gasteiger partial charge in [-0.05, 0) is 30.5 Å². The lowest BCUT2D eigenvalue weighted by molar-refractivity contribution is 0.161. The van der Waals surface area contributed by atoms with Crippen molar-refractivity contribution in [1.82, 2.24) is 5.32 Å². The minimum absolute atomic E-state index is 0.421. The van der Waals surface area contributed by atoms with Crippen molar-refractivity contribution in [3.63, 3.8) is 0 Å². The predicted molar refractivity (Wildman–Crippen MR) is 73.6 cm³/mol. The number of hydrogen-bond donors (Lipinski definition) is 1. The average molecular weight is 256 g/mol. The van der Waals surface area contributed by atoms with Gasteiger partial charge in [-0.2, -0.15) is 0 Å². The van der Waals surface area contributed by atoms with E-state index < -0.39 is 0 Å². The number of methoxy groups -OCH3 is 1. The van der Waals surface area contributed by atoms with Crippen molar-refractivity contribution in [2.75, 3.05) is 13.7 Å². The van der Waals surface area contributed by atoms with E-state index in [4.69, 9.17) is 16.3 Å². The molecular formula is C14H22ClNO. The summed E-state index contributed by atoms with van der Waals surface area (Å²) in [6.45, 7) is 5.80. The third kappa shape index (κ3) is 5.07. The molecule has 0 aliphatic heterocycles. The van der Waals surface area contributed by atoms with Gasteiger partial charge in [-0.3, -0.25) is 0 Å². The van der Waals surface area contributed by atoms with E-state index in [1.807, 2.05) is 13.0 Å². The molecule has 0 aliphatic rings. The molecule has 0 amide bonds. The maximum absolute atomic E-state index is 6.10. The van der Waals surface area contributed by atoms with Gasteiger partial charge >= 0.3 is 0 Å². The van der Waals surface area contributed by atoms with E-state index in [1.165, 1.54) is 5.56 Å². The van der Waals surface area contributed by atoms with Crippen molar-refractivity contribution in [2.24, 2.45) is 0 Å². The van der Waals surface area contributed by atoms with Gasteiger partial charge in [0.15, 0.2) is 0 Å². The number of ether oxygens (including phenoxy) is 1. The number of rotatable bonds is 7. The van der Waals surface area contributed by atoms with Crippen LogP contribution in [0.1, 0.15) is 30.9 Å². The fourth-order valence-electron chi connectivity index (χ4n) is 1.80. The normalized spacial score (nSPS) is 12.7. The second-order valence-corrected chi connectivity index (χ2v) is 4.81. The van der Waals surface area contributed by atoms with Crippen molar-refractivity contribution < 1.29 is 4.74 Å².